The lowest BCUT2D eigenvalue weighted by molar-refractivity contribution is 0.604. The minimum atomic E-state index is 0.471. The maximum atomic E-state index is 5.75. The van der Waals surface area contributed by atoms with Crippen molar-refractivity contribution in [3.8, 4) is 0 Å². The molecule has 1 aliphatic rings. The Morgan fingerprint density at radius 1 is 1.23 bits per heavy atom. The summed E-state index contributed by atoms with van der Waals surface area (Å²) in [6.45, 7) is 3.50. The molecule has 0 spiro atoms. The van der Waals surface area contributed by atoms with E-state index in [4.69, 9.17) is 5.73 Å². The molecule has 2 aromatic rings. The second kappa shape index (κ2) is 6.88. The summed E-state index contributed by atoms with van der Waals surface area (Å²) in [4.78, 5) is 11.4. The molecule has 0 unspecified atom stereocenters. The third-order valence-corrected chi connectivity index (χ3v) is 4.37. The highest BCUT2D eigenvalue weighted by Crippen LogP contribution is 2.27. The van der Waals surface area contributed by atoms with Crippen LogP contribution in [0.4, 0.5) is 5.82 Å². The molecule has 2 heterocycles. The fourth-order valence-electron chi connectivity index (χ4n) is 3.28. The van der Waals surface area contributed by atoms with Crippen LogP contribution in [-0.4, -0.2) is 22.6 Å². The number of aromatic nitrogens is 2. The summed E-state index contributed by atoms with van der Waals surface area (Å²) in [5.74, 6) is 1.86. The van der Waals surface area contributed by atoms with Gasteiger partial charge in [0.05, 0.1) is 5.69 Å². The second-order valence-corrected chi connectivity index (χ2v) is 5.98. The van der Waals surface area contributed by atoms with Gasteiger partial charge in [-0.1, -0.05) is 30.3 Å². The zero-order valence-corrected chi connectivity index (χ0v) is 13.2. The number of rotatable bonds is 5. The summed E-state index contributed by atoms with van der Waals surface area (Å²) in [6.07, 6.45) is 4.77. The summed E-state index contributed by atoms with van der Waals surface area (Å²) in [5, 5.41) is 0. The van der Waals surface area contributed by atoms with Gasteiger partial charge in [0.2, 0.25) is 0 Å². The van der Waals surface area contributed by atoms with Gasteiger partial charge < -0.3 is 10.6 Å². The second-order valence-electron chi connectivity index (χ2n) is 5.98. The normalized spacial score (nSPS) is 17.9. The van der Waals surface area contributed by atoms with Crippen molar-refractivity contribution in [2.24, 2.45) is 5.73 Å². The van der Waals surface area contributed by atoms with Crippen LogP contribution < -0.4 is 10.6 Å². The minimum Gasteiger partial charge on any atom is -0.354 e. The number of hydrogen-bond donors (Lipinski definition) is 1. The topological polar surface area (TPSA) is 55.0 Å². The van der Waals surface area contributed by atoms with Crippen LogP contribution >= 0.6 is 0 Å². The minimum absolute atomic E-state index is 0.471. The largest absolute Gasteiger partial charge is 0.354 e. The molecule has 22 heavy (non-hydrogen) atoms. The van der Waals surface area contributed by atoms with E-state index < -0.39 is 0 Å². The molecule has 4 heteroatoms. The molecule has 1 saturated heterocycles. The van der Waals surface area contributed by atoms with Crippen LogP contribution in [0.3, 0.4) is 0 Å². The van der Waals surface area contributed by atoms with Crippen molar-refractivity contribution in [1.29, 1.82) is 0 Å². The smallest absolute Gasteiger partial charge is 0.132 e. The van der Waals surface area contributed by atoms with E-state index in [1.165, 1.54) is 24.8 Å². The zero-order valence-electron chi connectivity index (χ0n) is 13.2. The van der Waals surface area contributed by atoms with Gasteiger partial charge in [-0.25, -0.2) is 9.97 Å². The molecule has 2 N–H and O–H groups in total. The van der Waals surface area contributed by atoms with Gasteiger partial charge in [0.15, 0.2) is 0 Å². The van der Waals surface area contributed by atoms with Crippen molar-refractivity contribution in [1.82, 2.24) is 9.97 Å². The highest BCUT2D eigenvalue weighted by atomic mass is 15.2. The number of benzene rings is 1. The molecule has 0 radical (unpaired) electrons. The Labute approximate surface area is 132 Å². The molecular formula is C18H24N4. The number of nitrogens with two attached hydrogens (primary N) is 1. The van der Waals surface area contributed by atoms with Gasteiger partial charge in [-0.2, -0.15) is 0 Å². The van der Waals surface area contributed by atoms with Crippen LogP contribution in [-0.2, 0) is 13.0 Å². The number of aryl methyl sites for hydroxylation is 2. The lowest BCUT2D eigenvalue weighted by Gasteiger charge is -2.26. The van der Waals surface area contributed by atoms with Gasteiger partial charge in [-0.05, 0) is 38.2 Å². The molecule has 1 aromatic heterocycles. The SMILES string of the molecule is Cc1nc(CN)cc(N2CCC[C@H]2CCc2ccccc2)n1. The van der Waals surface area contributed by atoms with Crippen molar-refractivity contribution >= 4 is 5.82 Å². The van der Waals surface area contributed by atoms with Crippen molar-refractivity contribution in [3.63, 3.8) is 0 Å². The molecule has 3 rings (SSSR count). The first-order valence-electron chi connectivity index (χ1n) is 8.11. The van der Waals surface area contributed by atoms with E-state index in [2.05, 4.69) is 45.2 Å². The van der Waals surface area contributed by atoms with Gasteiger partial charge >= 0.3 is 0 Å². The molecule has 116 valence electrons. The fraction of sp³-hybridized carbons (Fsp3) is 0.444. The average Bonchev–Trinajstić information content (AvgIpc) is 3.02. The third kappa shape index (κ3) is 3.45. The Bertz CT molecular complexity index is 612. The molecule has 1 fully saturated rings. The summed E-state index contributed by atoms with van der Waals surface area (Å²) >= 11 is 0. The van der Waals surface area contributed by atoms with E-state index >= 15 is 0 Å². The lowest BCUT2D eigenvalue weighted by Crippen LogP contribution is -2.31. The van der Waals surface area contributed by atoms with Crippen LogP contribution in [0.25, 0.3) is 0 Å². The molecule has 0 bridgehead atoms. The van der Waals surface area contributed by atoms with Gasteiger partial charge in [0, 0.05) is 25.2 Å². The Balaban J connectivity index is 1.71. The third-order valence-electron chi connectivity index (χ3n) is 4.37. The van der Waals surface area contributed by atoms with E-state index in [1.54, 1.807) is 0 Å². The van der Waals surface area contributed by atoms with Gasteiger partial charge in [-0.15, -0.1) is 0 Å². The van der Waals surface area contributed by atoms with E-state index in [1.807, 2.05) is 13.0 Å². The predicted octanol–water partition coefficient (Wildman–Crippen LogP) is 2.85. The van der Waals surface area contributed by atoms with Crippen molar-refractivity contribution < 1.29 is 0 Å². The summed E-state index contributed by atoms with van der Waals surface area (Å²) in [7, 11) is 0. The van der Waals surface area contributed by atoms with E-state index in [9.17, 15) is 0 Å². The Kier molecular flexibility index (Phi) is 4.68. The first-order valence-corrected chi connectivity index (χ1v) is 8.11. The van der Waals surface area contributed by atoms with Crippen molar-refractivity contribution in [2.45, 2.75) is 45.2 Å². The molecular weight excluding hydrogens is 272 g/mol. The molecule has 4 nitrogen and oxygen atoms in total. The first kappa shape index (κ1) is 15.0. The molecule has 0 aliphatic carbocycles. The fourth-order valence-corrected chi connectivity index (χ4v) is 3.28. The Morgan fingerprint density at radius 3 is 2.82 bits per heavy atom. The van der Waals surface area contributed by atoms with E-state index in [0.717, 1.165) is 30.3 Å². The van der Waals surface area contributed by atoms with Crippen molar-refractivity contribution in [3.05, 3.63) is 53.5 Å². The molecule has 0 amide bonds. The van der Waals surface area contributed by atoms with Crippen LogP contribution in [0, 0.1) is 6.92 Å². The lowest BCUT2D eigenvalue weighted by atomic mass is 10.0. The van der Waals surface area contributed by atoms with Crippen molar-refractivity contribution in [2.75, 3.05) is 11.4 Å². The van der Waals surface area contributed by atoms with Gasteiger partial charge in [0.25, 0.3) is 0 Å². The van der Waals surface area contributed by atoms with Gasteiger partial charge in [-0.3, -0.25) is 0 Å². The highest BCUT2D eigenvalue weighted by Gasteiger charge is 2.25. The highest BCUT2D eigenvalue weighted by molar-refractivity contribution is 5.42. The quantitative estimate of drug-likeness (QED) is 0.922. The monoisotopic (exact) mass is 296 g/mol. The summed E-state index contributed by atoms with van der Waals surface area (Å²) in [6, 6.07) is 13.3. The maximum absolute atomic E-state index is 5.75. The molecule has 0 saturated carbocycles. The maximum Gasteiger partial charge on any atom is 0.132 e. The zero-order chi connectivity index (χ0) is 15.4. The summed E-state index contributed by atoms with van der Waals surface area (Å²) < 4.78 is 0. The van der Waals surface area contributed by atoms with E-state index in [-0.39, 0.29) is 0 Å². The Hall–Kier alpha value is -1.94. The average molecular weight is 296 g/mol. The van der Waals surface area contributed by atoms with Gasteiger partial charge in [0.1, 0.15) is 11.6 Å². The van der Waals surface area contributed by atoms with Crippen LogP contribution in [0.5, 0.6) is 0 Å². The predicted molar refractivity (Wildman–Crippen MR) is 89.8 cm³/mol. The number of nitrogens with zero attached hydrogens (tertiary/aromatic N) is 3. The van der Waals surface area contributed by atoms with Crippen LogP contribution in [0.15, 0.2) is 36.4 Å². The Morgan fingerprint density at radius 2 is 2.05 bits per heavy atom. The van der Waals surface area contributed by atoms with Crippen LogP contribution in [0.1, 0.15) is 36.3 Å². The number of hydrogen-bond acceptors (Lipinski definition) is 4. The van der Waals surface area contributed by atoms with Crippen LogP contribution in [0.2, 0.25) is 0 Å². The molecule has 1 atom stereocenters. The molecule has 1 aromatic carbocycles. The first-order chi connectivity index (χ1) is 10.8. The summed E-state index contributed by atoms with van der Waals surface area (Å²) in [5.41, 5.74) is 8.09. The standard InChI is InChI=1S/C18H24N4/c1-14-20-16(13-19)12-18(21-14)22-11-5-8-17(22)10-9-15-6-3-2-4-7-15/h2-4,6-7,12,17H,5,8-11,13,19H2,1H3/t17-/m0/s1. The number of anilines is 1. The van der Waals surface area contributed by atoms with E-state index in [0.29, 0.717) is 12.6 Å². The molecule has 1 aliphatic heterocycles.